The van der Waals surface area contributed by atoms with Gasteiger partial charge < -0.3 is 23.8 Å². The van der Waals surface area contributed by atoms with Crippen molar-refractivity contribution in [2.45, 2.75) is 19.9 Å². The number of rotatable bonds is 3. The molecule has 132 valence electrons. The number of carbonyl (C=O) groups is 1. The number of aliphatic carboxylic acids is 1. The highest BCUT2D eigenvalue weighted by molar-refractivity contribution is 5.80. The van der Waals surface area contributed by atoms with Gasteiger partial charge in [0.25, 0.3) is 0 Å². The molecule has 1 aromatic heterocycles. The Hall–Kier alpha value is -3.28. The molecule has 0 amide bonds. The molecule has 6 heteroatoms. The molecule has 26 heavy (non-hydrogen) atoms. The number of hydrogen-bond donors (Lipinski definition) is 0. The van der Waals surface area contributed by atoms with Gasteiger partial charge in [0.1, 0.15) is 11.3 Å². The van der Waals surface area contributed by atoms with Gasteiger partial charge >= 0.3 is 0 Å². The predicted molar refractivity (Wildman–Crippen MR) is 92.5 cm³/mol. The zero-order valence-corrected chi connectivity index (χ0v) is 14.3. The normalized spacial score (nSPS) is 14.6. The van der Waals surface area contributed by atoms with Crippen LogP contribution < -0.4 is 19.9 Å². The van der Waals surface area contributed by atoms with Crippen molar-refractivity contribution >= 4 is 16.9 Å². The largest absolute Gasteiger partial charge is 0.548 e. The Bertz CT molecular complexity index is 1080. The number of fused-ring (bicyclic) bond motifs is 2. The maximum absolute atomic E-state index is 11.1. The molecule has 0 unspecified atom stereocenters. The Balaban J connectivity index is 1.94. The first-order valence-corrected chi connectivity index (χ1v) is 8.20. The van der Waals surface area contributed by atoms with Crippen LogP contribution in [0.4, 0.5) is 0 Å². The van der Waals surface area contributed by atoms with E-state index in [1.54, 1.807) is 6.07 Å². The Kier molecular flexibility index (Phi) is 3.88. The van der Waals surface area contributed by atoms with E-state index in [0.29, 0.717) is 28.2 Å². The zero-order chi connectivity index (χ0) is 18.3. The third kappa shape index (κ3) is 2.90. The Morgan fingerprint density at radius 2 is 1.92 bits per heavy atom. The van der Waals surface area contributed by atoms with Gasteiger partial charge in [-0.3, -0.25) is 4.99 Å². The number of nitrogens with zero attached hydrogens (tertiary/aromatic N) is 1. The van der Waals surface area contributed by atoms with Crippen LogP contribution in [0.2, 0.25) is 0 Å². The zero-order valence-electron chi connectivity index (χ0n) is 14.3. The number of hydrogen-bond acceptors (Lipinski definition) is 6. The van der Waals surface area contributed by atoms with Crippen LogP contribution in [0.3, 0.4) is 0 Å². The van der Waals surface area contributed by atoms with Crippen LogP contribution in [0.1, 0.15) is 12.5 Å². The lowest BCUT2D eigenvalue weighted by Crippen LogP contribution is -2.33. The summed E-state index contributed by atoms with van der Waals surface area (Å²) in [6, 6.07) is 12.0. The molecule has 2 aromatic carbocycles. The fourth-order valence-corrected chi connectivity index (χ4v) is 2.84. The SMILES string of the molecule is Cc1ccc2oc(-c3ccc4c(c3)OCO4)cc(=N[C@@H](C)C(=O)[O-])c2c1. The van der Waals surface area contributed by atoms with E-state index in [1.807, 2.05) is 43.3 Å². The Labute approximate surface area is 149 Å². The fourth-order valence-electron chi connectivity index (χ4n) is 2.84. The maximum atomic E-state index is 11.1. The van der Waals surface area contributed by atoms with Gasteiger partial charge in [0.2, 0.25) is 6.79 Å². The summed E-state index contributed by atoms with van der Waals surface area (Å²) in [7, 11) is 0. The van der Waals surface area contributed by atoms with Crippen molar-refractivity contribution in [2.75, 3.05) is 6.79 Å². The number of carboxylic acids is 1. The number of carbonyl (C=O) groups excluding carboxylic acids is 1. The second-order valence-corrected chi connectivity index (χ2v) is 6.19. The van der Waals surface area contributed by atoms with Gasteiger partial charge in [-0.25, -0.2) is 0 Å². The molecule has 3 aromatic rings. The third-order valence-corrected chi connectivity index (χ3v) is 4.23. The summed E-state index contributed by atoms with van der Waals surface area (Å²) in [5, 5.41) is 12.4. The minimum absolute atomic E-state index is 0.191. The van der Waals surface area contributed by atoms with Gasteiger partial charge in [0.05, 0.1) is 17.4 Å². The van der Waals surface area contributed by atoms with Crippen LogP contribution in [-0.2, 0) is 4.79 Å². The van der Waals surface area contributed by atoms with Gasteiger partial charge in [0, 0.05) is 17.0 Å². The van der Waals surface area contributed by atoms with E-state index in [-0.39, 0.29) is 6.79 Å². The minimum Gasteiger partial charge on any atom is -0.548 e. The third-order valence-electron chi connectivity index (χ3n) is 4.23. The highest BCUT2D eigenvalue weighted by Crippen LogP contribution is 2.36. The summed E-state index contributed by atoms with van der Waals surface area (Å²) in [5.41, 5.74) is 2.44. The monoisotopic (exact) mass is 350 g/mol. The lowest BCUT2D eigenvalue weighted by atomic mass is 10.1. The molecule has 0 saturated carbocycles. The van der Waals surface area contributed by atoms with Crippen LogP contribution in [0.5, 0.6) is 11.5 Å². The first-order chi connectivity index (χ1) is 12.5. The molecule has 0 aliphatic carbocycles. The van der Waals surface area contributed by atoms with Crippen LogP contribution in [0.15, 0.2) is 51.9 Å². The molecule has 0 saturated heterocycles. The predicted octanol–water partition coefficient (Wildman–Crippen LogP) is 2.18. The van der Waals surface area contributed by atoms with Gasteiger partial charge in [-0.15, -0.1) is 0 Å². The van der Waals surface area contributed by atoms with E-state index < -0.39 is 12.0 Å². The summed E-state index contributed by atoms with van der Waals surface area (Å²) < 4.78 is 16.8. The lowest BCUT2D eigenvalue weighted by Gasteiger charge is -2.09. The van der Waals surface area contributed by atoms with Crippen LogP contribution >= 0.6 is 0 Å². The van der Waals surface area contributed by atoms with Crippen LogP contribution in [-0.4, -0.2) is 18.8 Å². The van der Waals surface area contributed by atoms with Gasteiger partial charge in [-0.05, 0) is 44.2 Å². The quantitative estimate of drug-likeness (QED) is 0.723. The molecular formula is C20H16NO5-. The molecule has 0 fully saturated rings. The molecule has 1 aliphatic heterocycles. The number of aryl methyl sites for hydroxylation is 1. The van der Waals surface area contributed by atoms with E-state index in [2.05, 4.69) is 4.99 Å². The van der Waals surface area contributed by atoms with Crippen LogP contribution in [0, 0.1) is 6.92 Å². The minimum atomic E-state index is -1.23. The molecule has 2 heterocycles. The topological polar surface area (TPSA) is 84.1 Å². The van der Waals surface area contributed by atoms with Gasteiger partial charge in [-0.2, -0.15) is 0 Å². The highest BCUT2D eigenvalue weighted by Gasteiger charge is 2.15. The Morgan fingerprint density at radius 3 is 2.73 bits per heavy atom. The van der Waals surface area contributed by atoms with E-state index >= 15 is 0 Å². The molecule has 4 rings (SSSR count). The number of benzene rings is 2. The van der Waals surface area contributed by atoms with Crippen molar-refractivity contribution in [3.05, 3.63) is 53.4 Å². The lowest BCUT2D eigenvalue weighted by molar-refractivity contribution is -0.306. The van der Waals surface area contributed by atoms with Crippen molar-refractivity contribution in [1.29, 1.82) is 0 Å². The first-order valence-electron chi connectivity index (χ1n) is 8.20. The molecule has 1 atom stereocenters. The molecular weight excluding hydrogens is 334 g/mol. The van der Waals surface area contributed by atoms with Crippen molar-refractivity contribution in [1.82, 2.24) is 0 Å². The maximum Gasteiger partial charge on any atom is 0.231 e. The summed E-state index contributed by atoms with van der Waals surface area (Å²) >= 11 is 0. The first kappa shape index (κ1) is 16.2. The van der Waals surface area contributed by atoms with E-state index in [4.69, 9.17) is 13.9 Å². The average molecular weight is 350 g/mol. The molecule has 6 nitrogen and oxygen atoms in total. The summed E-state index contributed by atoms with van der Waals surface area (Å²) in [6.45, 7) is 3.63. The van der Waals surface area contributed by atoms with E-state index in [0.717, 1.165) is 16.5 Å². The molecule has 0 spiro atoms. The van der Waals surface area contributed by atoms with Crippen LogP contribution in [0.25, 0.3) is 22.3 Å². The summed E-state index contributed by atoms with van der Waals surface area (Å²) in [6.07, 6.45) is 0. The van der Waals surface area contributed by atoms with Crippen molar-refractivity contribution in [3.8, 4) is 22.8 Å². The molecule has 1 aliphatic rings. The van der Waals surface area contributed by atoms with Crippen molar-refractivity contribution in [2.24, 2.45) is 4.99 Å². The highest BCUT2D eigenvalue weighted by atomic mass is 16.7. The standard InChI is InChI=1S/C20H17NO5/c1-11-3-5-16-14(7-11)15(21-12(2)20(22)23)9-18(26-16)13-4-6-17-19(8-13)25-10-24-17/h3-9,12H,10H2,1-2H3,(H,22,23)/p-1/t12-/m0/s1. The number of carboxylic acid groups (broad SMARTS) is 1. The van der Waals surface area contributed by atoms with E-state index in [1.165, 1.54) is 6.92 Å². The second-order valence-electron chi connectivity index (χ2n) is 6.19. The second kappa shape index (κ2) is 6.22. The van der Waals surface area contributed by atoms with Crippen molar-refractivity contribution in [3.63, 3.8) is 0 Å². The fraction of sp³-hybridized carbons (Fsp3) is 0.200. The average Bonchev–Trinajstić information content (AvgIpc) is 3.09. The summed E-state index contributed by atoms with van der Waals surface area (Å²) in [5.74, 6) is 0.657. The van der Waals surface area contributed by atoms with Gasteiger partial charge in [-0.1, -0.05) is 11.6 Å². The molecule has 0 bridgehead atoms. The smallest absolute Gasteiger partial charge is 0.231 e. The Morgan fingerprint density at radius 1 is 1.12 bits per heavy atom. The number of ether oxygens (including phenoxy) is 2. The van der Waals surface area contributed by atoms with Crippen molar-refractivity contribution < 1.29 is 23.8 Å². The molecule has 0 N–H and O–H groups in total. The van der Waals surface area contributed by atoms with Gasteiger partial charge in [0.15, 0.2) is 11.5 Å². The molecule has 0 radical (unpaired) electrons. The van der Waals surface area contributed by atoms with E-state index in [9.17, 15) is 9.90 Å². The summed E-state index contributed by atoms with van der Waals surface area (Å²) in [4.78, 5) is 15.4.